The van der Waals surface area contributed by atoms with Crippen molar-refractivity contribution in [1.82, 2.24) is 5.32 Å². The highest BCUT2D eigenvalue weighted by Gasteiger charge is 2.24. The zero-order chi connectivity index (χ0) is 14.5. The first-order chi connectivity index (χ1) is 8.81. The van der Waals surface area contributed by atoms with Gasteiger partial charge in [0.15, 0.2) is 0 Å². The quantitative estimate of drug-likeness (QED) is 0.849. The molecule has 1 aromatic rings. The molecule has 1 aromatic heterocycles. The van der Waals surface area contributed by atoms with Crippen molar-refractivity contribution in [2.24, 2.45) is 0 Å². The first-order valence-corrected chi connectivity index (χ1v) is 5.91. The fraction of sp³-hybridized carbons (Fsp3) is 0.538. The highest BCUT2D eigenvalue weighted by atomic mass is 16.6. The number of carbonyl (C=O) groups excluding carboxylic acids is 2. The lowest BCUT2D eigenvalue weighted by molar-refractivity contribution is -0.141. The second-order valence-electron chi connectivity index (χ2n) is 4.99. The minimum Gasteiger partial charge on any atom is -0.469 e. The molecule has 6 heteroatoms. The maximum Gasteiger partial charge on any atom is 0.408 e. The van der Waals surface area contributed by atoms with Crippen LogP contribution in [0.3, 0.4) is 0 Å². The van der Waals surface area contributed by atoms with Gasteiger partial charge in [-0.15, -0.1) is 0 Å². The van der Waals surface area contributed by atoms with Gasteiger partial charge in [0, 0.05) is 0 Å². The van der Waals surface area contributed by atoms with Gasteiger partial charge in [-0.25, -0.2) is 4.79 Å². The van der Waals surface area contributed by atoms with E-state index in [1.807, 2.05) is 0 Å². The van der Waals surface area contributed by atoms with Crippen LogP contribution in [0.15, 0.2) is 22.8 Å². The van der Waals surface area contributed by atoms with Crippen LogP contribution in [0, 0.1) is 0 Å². The number of hydrogen-bond donors (Lipinski definition) is 1. The van der Waals surface area contributed by atoms with Crippen LogP contribution in [0.25, 0.3) is 0 Å². The molecule has 1 N–H and O–H groups in total. The summed E-state index contributed by atoms with van der Waals surface area (Å²) in [6.07, 6.45) is 0.831. The van der Waals surface area contributed by atoms with Gasteiger partial charge in [0.25, 0.3) is 0 Å². The molecule has 0 saturated carbocycles. The van der Waals surface area contributed by atoms with Gasteiger partial charge in [0.1, 0.15) is 17.4 Å². The average Bonchev–Trinajstić information content (AvgIpc) is 2.78. The molecule has 1 amide bonds. The van der Waals surface area contributed by atoms with Crippen molar-refractivity contribution in [3.8, 4) is 0 Å². The van der Waals surface area contributed by atoms with Crippen LogP contribution in [-0.4, -0.2) is 24.8 Å². The molecule has 1 unspecified atom stereocenters. The topological polar surface area (TPSA) is 77.8 Å². The predicted octanol–water partition coefficient (Wildman–Crippen LogP) is 2.41. The first-order valence-electron chi connectivity index (χ1n) is 5.91. The number of carbonyl (C=O) groups is 2. The summed E-state index contributed by atoms with van der Waals surface area (Å²) in [4.78, 5) is 23.0. The highest BCUT2D eigenvalue weighted by Crippen LogP contribution is 2.19. The van der Waals surface area contributed by atoms with Crippen LogP contribution in [0.1, 0.15) is 39.0 Å². The molecular weight excluding hydrogens is 250 g/mol. The Bertz CT molecular complexity index is 419. The second-order valence-corrected chi connectivity index (χ2v) is 4.99. The van der Waals surface area contributed by atoms with Crippen LogP contribution >= 0.6 is 0 Å². The molecule has 0 bridgehead atoms. The van der Waals surface area contributed by atoms with Crippen LogP contribution < -0.4 is 5.32 Å². The Morgan fingerprint density at radius 1 is 1.42 bits per heavy atom. The molecular formula is C13H19NO5. The van der Waals surface area contributed by atoms with Gasteiger partial charge in [-0.3, -0.25) is 4.79 Å². The maximum absolute atomic E-state index is 11.7. The first kappa shape index (κ1) is 15.1. The summed E-state index contributed by atoms with van der Waals surface area (Å²) in [5, 5.41) is 2.59. The summed E-state index contributed by atoms with van der Waals surface area (Å²) in [5.74, 6) is 0.0220. The molecule has 1 rings (SSSR count). The van der Waals surface area contributed by atoms with Crippen molar-refractivity contribution in [3.63, 3.8) is 0 Å². The number of amides is 1. The number of rotatable bonds is 4. The summed E-state index contributed by atoms with van der Waals surface area (Å²) < 4.78 is 14.9. The third-order valence-electron chi connectivity index (χ3n) is 2.18. The van der Waals surface area contributed by atoms with Crippen molar-refractivity contribution in [3.05, 3.63) is 24.2 Å². The number of nitrogens with one attached hydrogen (secondary N) is 1. The monoisotopic (exact) mass is 269 g/mol. The Morgan fingerprint density at radius 3 is 2.58 bits per heavy atom. The molecule has 0 radical (unpaired) electrons. The van der Waals surface area contributed by atoms with Gasteiger partial charge < -0.3 is 19.2 Å². The van der Waals surface area contributed by atoms with Gasteiger partial charge in [-0.2, -0.15) is 0 Å². The molecule has 0 aromatic carbocycles. The van der Waals surface area contributed by atoms with Gasteiger partial charge in [-0.1, -0.05) is 0 Å². The van der Waals surface area contributed by atoms with E-state index in [-0.39, 0.29) is 6.42 Å². The van der Waals surface area contributed by atoms with Crippen molar-refractivity contribution in [1.29, 1.82) is 0 Å². The predicted molar refractivity (Wildman–Crippen MR) is 67.5 cm³/mol. The van der Waals surface area contributed by atoms with E-state index < -0.39 is 23.7 Å². The van der Waals surface area contributed by atoms with Gasteiger partial charge >= 0.3 is 12.1 Å². The molecule has 6 nitrogen and oxygen atoms in total. The Kier molecular flexibility index (Phi) is 4.97. The fourth-order valence-electron chi connectivity index (χ4n) is 1.41. The molecule has 0 aliphatic heterocycles. The van der Waals surface area contributed by atoms with Crippen LogP contribution in [0.2, 0.25) is 0 Å². The molecule has 19 heavy (non-hydrogen) atoms. The van der Waals surface area contributed by atoms with E-state index >= 15 is 0 Å². The molecule has 1 atom stereocenters. The number of alkyl carbamates (subject to hydrolysis) is 1. The van der Waals surface area contributed by atoms with Crippen molar-refractivity contribution in [2.75, 3.05) is 7.11 Å². The summed E-state index contributed by atoms with van der Waals surface area (Å²) in [5.41, 5.74) is -0.608. The van der Waals surface area contributed by atoms with Crippen molar-refractivity contribution >= 4 is 12.1 Å². The lowest BCUT2D eigenvalue weighted by Crippen LogP contribution is -2.35. The highest BCUT2D eigenvalue weighted by molar-refractivity contribution is 5.73. The van der Waals surface area contributed by atoms with Crippen LogP contribution in [0.4, 0.5) is 4.79 Å². The number of hydrogen-bond acceptors (Lipinski definition) is 5. The average molecular weight is 269 g/mol. The van der Waals surface area contributed by atoms with E-state index in [9.17, 15) is 9.59 Å². The van der Waals surface area contributed by atoms with E-state index in [0.29, 0.717) is 5.76 Å². The van der Waals surface area contributed by atoms with E-state index in [1.54, 1.807) is 32.9 Å². The SMILES string of the molecule is COC(=O)CC(NC(=O)OC(C)(C)C)c1ccco1. The molecule has 1 heterocycles. The Morgan fingerprint density at radius 2 is 2.11 bits per heavy atom. The zero-order valence-electron chi connectivity index (χ0n) is 11.6. The Labute approximate surface area is 112 Å². The lowest BCUT2D eigenvalue weighted by atomic mass is 10.1. The lowest BCUT2D eigenvalue weighted by Gasteiger charge is -2.22. The molecule has 0 saturated heterocycles. The minimum absolute atomic E-state index is 0.0245. The largest absolute Gasteiger partial charge is 0.469 e. The maximum atomic E-state index is 11.7. The molecule has 106 valence electrons. The van der Waals surface area contributed by atoms with Crippen LogP contribution in [-0.2, 0) is 14.3 Å². The van der Waals surface area contributed by atoms with Gasteiger partial charge in [0.2, 0.25) is 0 Å². The van der Waals surface area contributed by atoms with Gasteiger partial charge in [-0.05, 0) is 32.9 Å². The summed E-state index contributed by atoms with van der Waals surface area (Å²) in [7, 11) is 1.29. The van der Waals surface area contributed by atoms with E-state index in [1.165, 1.54) is 13.4 Å². The molecule has 0 aliphatic rings. The van der Waals surface area contributed by atoms with Crippen LogP contribution in [0.5, 0.6) is 0 Å². The van der Waals surface area contributed by atoms with Gasteiger partial charge in [0.05, 0.1) is 19.8 Å². The third-order valence-corrected chi connectivity index (χ3v) is 2.18. The van der Waals surface area contributed by atoms with E-state index in [0.717, 1.165) is 0 Å². The van der Waals surface area contributed by atoms with E-state index in [2.05, 4.69) is 10.1 Å². The zero-order valence-corrected chi connectivity index (χ0v) is 11.6. The van der Waals surface area contributed by atoms with Crippen molar-refractivity contribution in [2.45, 2.75) is 38.8 Å². The number of esters is 1. The second kappa shape index (κ2) is 6.26. The normalized spacial score (nSPS) is 12.6. The van der Waals surface area contributed by atoms with Crippen molar-refractivity contribution < 1.29 is 23.5 Å². The summed E-state index contributed by atoms with van der Waals surface area (Å²) in [6.45, 7) is 5.28. The van der Waals surface area contributed by atoms with E-state index in [4.69, 9.17) is 9.15 Å². The Hall–Kier alpha value is -1.98. The Balaban J connectivity index is 2.70. The number of furan rings is 1. The number of methoxy groups -OCH3 is 1. The molecule has 0 fully saturated rings. The fourth-order valence-corrected chi connectivity index (χ4v) is 1.41. The minimum atomic E-state index is -0.614. The summed E-state index contributed by atoms with van der Waals surface area (Å²) in [6, 6.07) is 2.73. The summed E-state index contributed by atoms with van der Waals surface area (Å²) >= 11 is 0. The third kappa shape index (κ3) is 5.46. The standard InChI is InChI=1S/C13H19NO5/c1-13(2,3)19-12(16)14-9(8-11(15)17-4)10-6-5-7-18-10/h5-7,9H,8H2,1-4H3,(H,14,16). The molecule has 0 aliphatic carbocycles. The smallest absolute Gasteiger partial charge is 0.408 e. The molecule has 0 spiro atoms. The number of ether oxygens (including phenoxy) is 2.